The average molecular weight is 250 g/mol. The van der Waals surface area contributed by atoms with Crippen LogP contribution < -0.4 is 0 Å². The van der Waals surface area contributed by atoms with Crippen molar-refractivity contribution in [3.63, 3.8) is 0 Å². The van der Waals surface area contributed by atoms with Gasteiger partial charge in [-0.2, -0.15) is 0 Å². The average Bonchev–Trinajstić information content (AvgIpc) is 2.34. The molecule has 2 heterocycles. The number of hydrogen-bond donors (Lipinski definition) is 0. The van der Waals surface area contributed by atoms with Crippen LogP contribution in [0.5, 0.6) is 0 Å². The summed E-state index contributed by atoms with van der Waals surface area (Å²) in [6.07, 6.45) is 3.04. The summed E-state index contributed by atoms with van der Waals surface area (Å²) in [5.41, 5.74) is 1.29. The van der Waals surface area contributed by atoms with Crippen LogP contribution in [0, 0.1) is 5.92 Å². The van der Waals surface area contributed by atoms with Crippen molar-refractivity contribution in [3.8, 4) is 0 Å². The molecule has 2 atom stereocenters. The summed E-state index contributed by atoms with van der Waals surface area (Å²) >= 11 is 5.88. The molecule has 2 aliphatic heterocycles. The first kappa shape index (κ1) is 11.2. The van der Waals surface area contributed by atoms with Crippen molar-refractivity contribution in [1.82, 2.24) is 4.90 Å². The fourth-order valence-electron chi connectivity index (χ4n) is 3.01. The van der Waals surface area contributed by atoms with Gasteiger partial charge in [-0.25, -0.2) is 0 Å². The summed E-state index contributed by atoms with van der Waals surface area (Å²) in [6.45, 7) is 1.90. The molecule has 0 aromatic heterocycles. The molecule has 1 aliphatic carbocycles. The van der Waals surface area contributed by atoms with Crippen LogP contribution in [0.2, 0.25) is 5.02 Å². The predicted molar refractivity (Wildman–Crippen MR) is 68.0 cm³/mol. The lowest BCUT2D eigenvalue weighted by molar-refractivity contribution is -0.132. The number of benzene rings is 1. The topological polar surface area (TPSA) is 20.3 Å². The predicted octanol–water partition coefficient (Wildman–Crippen LogP) is 2.89. The standard InChI is InChI=1S/C14H16ClNO/c15-12-4-1-10(2-5-12)8-16-9-11-3-6-13(16)7-14(11)17/h1-2,4-5,11,13H,3,6-9H2. The molecule has 3 heteroatoms. The molecule has 3 fully saturated rings. The summed E-state index contributed by atoms with van der Waals surface area (Å²) in [6, 6.07) is 8.50. The molecular weight excluding hydrogens is 234 g/mol. The molecule has 2 nitrogen and oxygen atoms in total. The van der Waals surface area contributed by atoms with E-state index < -0.39 is 0 Å². The van der Waals surface area contributed by atoms with E-state index in [4.69, 9.17) is 11.6 Å². The molecule has 4 rings (SSSR count). The first-order valence-corrected chi connectivity index (χ1v) is 6.61. The Morgan fingerprint density at radius 3 is 2.59 bits per heavy atom. The lowest BCUT2D eigenvalue weighted by Crippen LogP contribution is -2.51. The molecule has 0 amide bonds. The van der Waals surface area contributed by atoms with Gasteiger partial charge in [-0.05, 0) is 30.5 Å². The van der Waals surface area contributed by atoms with Gasteiger partial charge in [0.1, 0.15) is 5.78 Å². The molecule has 17 heavy (non-hydrogen) atoms. The van der Waals surface area contributed by atoms with Gasteiger partial charge in [-0.15, -0.1) is 0 Å². The van der Waals surface area contributed by atoms with Gasteiger partial charge >= 0.3 is 0 Å². The maximum Gasteiger partial charge on any atom is 0.138 e. The monoisotopic (exact) mass is 249 g/mol. The third kappa shape index (κ3) is 2.24. The number of carbonyl (C=O) groups excluding carboxylic acids is 1. The summed E-state index contributed by atoms with van der Waals surface area (Å²) < 4.78 is 0. The molecule has 0 N–H and O–H groups in total. The Balaban J connectivity index is 1.70. The highest BCUT2D eigenvalue weighted by Gasteiger charge is 2.38. The van der Waals surface area contributed by atoms with E-state index in [1.165, 1.54) is 12.0 Å². The molecule has 1 aromatic carbocycles. The molecule has 2 bridgehead atoms. The van der Waals surface area contributed by atoms with Crippen molar-refractivity contribution in [1.29, 1.82) is 0 Å². The highest BCUT2D eigenvalue weighted by Crippen LogP contribution is 2.33. The lowest BCUT2D eigenvalue weighted by Gasteiger charge is -2.44. The molecule has 1 saturated carbocycles. The molecule has 2 saturated heterocycles. The number of ketones is 1. The van der Waals surface area contributed by atoms with E-state index in [0.717, 1.165) is 31.0 Å². The second-order valence-electron chi connectivity index (χ2n) is 5.15. The molecule has 0 radical (unpaired) electrons. The summed E-state index contributed by atoms with van der Waals surface area (Å²) in [7, 11) is 0. The van der Waals surface area contributed by atoms with Crippen molar-refractivity contribution in [2.75, 3.05) is 6.54 Å². The Morgan fingerprint density at radius 2 is 2.00 bits per heavy atom. The van der Waals surface area contributed by atoms with Crippen LogP contribution in [0.25, 0.3) is 0 Å². The van der Waals surface area contributed by atoms with E-state index in [-0.39, 0.29) is 0 Å². The minimum absolute atomic E-state index is 0.298. The second-order valence-corrected chi connectivity index (χ2v) is 5.59. The van der Waals surface area contributed by atoms with Gasteiger partial charge in [-0.1, -0.05) is 23.7 Å². The number of hydrogen-bond acceptors (Lipinski definition) is 2. The SMILES string of the molecule is O=C1CC2CCC1CN2Cc1ccc(Cl)cc1. The Kier molecular flexibility index (Phi) is 2.93. The number of rotatable bonds is 2. The van der Waals surface area contributed by atoms with Crippen molar-refractivity contribution >= 4 is 17.4 Å². The van der Waals surface area contributed by atoms with Crippen LogP contribution in [0.3, 0.4) is 0 Å². The van der Waals surface area contributed by atoms with Crippen molar-refractivity contribution in [2.45, 2.75) is 31.8 Å². The third-order valence-corrected chi connectivity index (χ3v) is 4.26. The molecule has 1 aromatic rings. The molecule has 90 valence electrons. The van der Waals surface area contributed by atoms with Crippen LogP contribution in [0.4, 0.5) is 0 Å². The Morgan fingerprint density at radius 1 is 1.24 bits per heavy atom. The van der Waals surface area contributed by atoms with Crippen LogP contribution in [0.15, 0.2) is 24.3 Å². The number of piperidine rings is 2. The number of halogens is 1. The largest absolute Gasteiger partial charge is 0.299 e. The lowest BCUT2D eigenvalue weighted by atomic mass is 9.79. The zero-order valence-corrected chi connectivity index (χ0v) is 10.5. The number of carbonyl (C=O) groups is 1. The zero-order valence-electron chi connectivity index (χ0n) is 9.73. The fourth-order valence-corrected chi connectivity index (χ4v) is 3.14. The van der Waals surface area contributed by atoms with E-state index in [9.17, 15) is 4.79 Å². The van der Waals surface area contributed by atoms with Crippen molar-refractivity contribution in [3.05, 3.63) is 34.9 Å². The maximum absolute atomic E-state index is 11.7. The van der Waals surface area contributed by atoms with Gasteiger partial charge in [-0.3, -0.25) is 9.69 Å². The van der Waals surface area contributed by atoms with E-state index in [2.05, 4.69) is 17.0 Å². The number of fused-ring (bicyclic) bond motifs is 3. The molecule has 3 aliphatic rings. The van der Waals surface area contributed by atoms with Gasteiger partial charge in [0.2, 0.25) is 0 Å². The Hall–Kier alpha value is -0.860. The summed E-state index contributed by atoms with van der Waals surface area (Å²) in [5.74, 6) is 0.779. The Bertz CT molecular complexity index is 428. The van der Waals surface area contributed by atoms with E-state index in [1.54, 1.807) is 0 Å². The van der Waals surface area contributed by atoms with Gasteiger partial charge in [0.05, 0.1) is 0 Å². The minimum Gasteiger partial charge on any atom is -0.299 e. The fraction of sp³-hybridized carbons (Fsp3) is 0.500. The first-order chi connectivity index (χ1) is 8.22. The normalized spacial score (nSPS) is 28.6. The highest BCUT2D eigenvalue weighted by molar-refractivity contribution is 6.30. The van der Waals surface area contributed by atoms with Crippen LogP contribution in [-0.4, -0.2) is 23.3 Å². The van der Waals surface area contributed by atoms with Gasteiger partial charge in [0, 0.05) is 36.5 Å². The van der Waals surface area contributed by atoms with Crippen LogP contribution in [-0.2, 0) is 11.3 Å². The van der Waals surface area contributed by atoms with Crippen molar-refractivity contribution < 1.29 is 4.79 Å². The van der Waals surface area contributed by atoms with Crippen molar-refractivity contribution in [2.24, 2.45) is 5.92 Å². The van der Waals surface area contributed by atoms with Crippen LogP contribution in [0.1, 0.15) is 24.8 Å². The quantitative estimate of drug-likeness (QED) is 0.803. The number of nitrogens with zero attached hydrogens (tertiary/aromatic N) is 1. The second kappa shape index (κ2) is 4.43. The summed E-state index contributed by atoms with van der Waals surface area (Å²) in [5, 5.41) is 0.782. The highest BCUT2D eigenvalue weighted by atomic mass is 35.5. The van der Waals surface area contributed by atoms with E-state index >= 15 is 0 Å². The minimum atomic E-state index is 0.298. The maximum atomic E-state index is 11.7. The smallest absolute Gasteiger partial charge is 0.138 e. The Labute approximate surface area is 107 Å². The van der Waals surface area contributed by atoms with Gasteiger partial charge < -0.3 is 0 Å². The molecular formula is C14H16ClNO. The van der Waals surface area contributed by atoms with Gasteiger partial charge in [0.25, 0.3) is 0 Å². The first-order valence-electron chi connectivity index (χ1n) is 6.23. The summed E-state index contributed by atoms with van der Waals surface area (Å²) in [4.78, 5) is 14.1. The molecule has 0 spiro atoms. The van der Waals surface area contributed by atoms with Gasteiger partial charge in [0.15, 0.2) is 0 Å². The third-order valence-electron chi connectivity index (χ3n) is 4.01. The zero-order chi connectivity index (χ0) is 11.8. The van der Waals surface area contributed by atoms with Crippen LogP contribution >= 0.6 is 11.6 Å². The number of Topliss-reactive ketones (excluding diaryl/α,β-unsaturated/α-hetero) is 1. The van der Waals surface area contributed by atoms with E-state index in [0.29, 0.717) is 17.7 Å². The molecule has 2 unspecified atom stereocenters. The van der Waals surface area contributed by atoms with E-state index in [1.807, 2.05) is 12.1 Å².